The fourth-order valence-electron chi connectivity index (χ4n) is 4.15. The van der Waals surface area contributed by atoms with Crippen LogP contribution in [0.5, 0.6) is 0 Å². The van der Waals surface area contributed by atoms with Gasteiger partial charge in [-0.2, -0.15) is 0 Å². The normalized spacial score (nSPS) is 28.6. The summed E-state index contributed by atoms with van der Waals surface area (Å²) in [5, 5.41) is 3.86. The summed E-state index contributed by atoms with van der Waals surface area (Å²) in [5.74, 6) is 1.68. The zero-order valence-electron chi connectivity index (χ0n) is 13.9. The second kappa shape index (κ2) is 7.79. The number of rotatable bonds is 7. The smallest absolute Gasteiger partial charge is 0.0685 e. The summed E-state index contributed by atoms with van der Waals surface area (Å²) >= 11 is 0. The number of nitrogens with one attached hydrogen (secondary N) is 1. The highest BCUT2D eigenvalue weighted by Gasteiger charge is 2.41. The lowest BCUT2D eigenvalue weighted by Gasteiger charge is -2.42. The molecule has 1 heterocycles. The predicted molar refractivity (Wildman–Crippen MR) is 86.0 cm³/mol. The van der Waals surface area contributed by atoms with Crippen molar-refractivity contribution in [3.63, 3.8) is 0 Å². The van der Waals surface area contributed by atoms with Gasteiger partial charge in [-0.3, -0.25) is 0 Å². The van der Waals surface area contributed by atoms with Gasteiger partial charge in [-0.05, 0) is 56.9 Å². The number of ether oxygens (including phenoxy) is 1. The van der Waals surface area contributed by atoms with Gasteiger partial charge in [-0.1, -0.05) is 40.0 Å². The molecule has 20 heavy (non-hydrogen) atoms. The van der Waals surface area contributed by atoms with E-state index < -0.39 is 0 Å². The van der Waals surface area contributed by atoms with Crippen LogP contribution in [0.1, 0.15) is 78.6 Å². The minimum Gasteiger partial charge on any atom is -0.375 e. The molecule has 0 radical (unpaired) electrons. The van der Waals surface area contributed by atoms with Crippen molar-refractivity contribution < 1.29 is 4.74 Å². The molecule has 1 spiro atoms. The molecule has 0 amide bonds. The Morgan fingerprint density at radius 1 is 1.25 bits per heavy atom. The van der Waals surface area contributed by atoms with Gasteiger partial charge in [0, 0.05) is 12.6 Å². The molecule has 0 aromatic heterocycles. The predicted octanol–water partition coefficient (Wildman–Crippen LogP) is 4.53. The van der Waals surface area contributed by atoms with Crippen LogP contribution >= 0.6 is 0 Å². The highest BCUT2D eigenvalue weighted by molar-refractivity contribution is 4.94. The van der Waals surface area contributed by atoms with Gasteiger partial charge in [-0.25, -0.2) is 0 Å². The molecule has 0 aromatic rings. The Hall–Kier alpha value is -0.0800. The van der Waals surface area contributed by atoms with Gasteiger partial charge in [0.05, 0.1) is 5.60 Å². The van der Waals surface area contributed by atoms with Crippen LogP contribution in [0, 0.1) is 11.8 Å². The first kappa shape index (κ1) is 16.3. The third-order valence-corrected chi connectivity index (χ3v) is 5.62. The number of hydrogen-bond acceptors (Lipinski definition) is 2. The maximum absolute atomic E-state index is 6.21. The molecule has 1 aliphatic carbocycles. The van der Waals surface area contributed by atoms with Crippen molar-refractivity contribution in [1.82, 2.24) is 5.32 Å². The lowest BCUT2D eigenvalue weighted by molar-refractivity contribution is -0.0988. The van der Waals surface area contributed by atoms with Crippen molar-refractivity contribution in [2.24, 2.45) is 11.8 Å². The van der Waals surface area contributed by atoms with Gasteiger partial charge < -0.3 is 10.1 Å². The molecule has 1 saturated heterocycles. The summed E-state index contributed by atoms with van der Waals surface area (Å²) in [5.41, 5.74) is 0.268. The summed E-state index contributed by atoms with van der Waals surface area (Å²) in [6.07, 6.45) is 11.8. The third kappa shape index (κ3) is 4.21. The Kier molecular flexibility index (Phi) is 6.35. The molecular weight excluding hydrogens is 246 g/mol. The molecule has 1 aliphatic heterocycles. The van der Waals surface area contributed by atoms with Gasteiger partial charge >= 0.3 is 0 Å². The van der Waals surface area contributed by atoms with Gasteiger partial charge in [0.15, 0.2) is 0 Å². The molecule has 2 nitrogen and oxygen atoms in total. The molecule has 2 aliphatic rings. The topological polar surface area (TPSA) is 21.3 Å². The first-order valence-corrected chi connectivity index (χ1v) is 9.06. The average molecular weight is 281 g/mol. The van der Waals surface area contributed by atoms with Crippen molar-refractivity contribution in [3.8, 4) is 0 Å². The summed E-state index contributed by atoms with van der Waals surface area (Å²) in [6.45, 7) is 9.17. The van der Waals surface area contributed by atoms with Crippen molar-refractivity contribution in [2.45, 2.75) is 90.2 Å². The van der Waals surface area contributed by atoms with E-state index in [9.17, 15) is 0 Å². The number of hydrogen-bond donors (Lipinski definition) is 1. The quantitative estimate of drug-likeness (QED) is 0.740. The van der Waals surface area contributed by atoms with Crippen molar-refractivity contribution >= 4 is 0 Å². The molecule has 1 saturated carbocycles. The molecule has 0 bridgehead atoms. The molecule has 2 fully saturated rings. The Morgan fingerprint density at radius 3 is 2.65 bits per heavy atom. The lowest BCUT2D eigenvalue weighted by Crippen LogP contribution is -2.46. The van der Waals surface area contributed by atoms with E-state index in [1.807, 2.05) is 0 Å². The SMILES string of the molecule is CCCNC(CC(C)CC)C1CCOC2(CCCC2)C1. The Labute approximate surface area is 126 Å². The van der Waals surface area contributed by atoms with Crippen LogP contribution in [-0.2, 0) is 4.74 Å². The zero-order valence-corrected chi connectivity index (χ0v) is 13.9. The summed E-state index contributed by atoms with van der Waals surface area (Å²) < 4.78 is 6.21. The summed E-state index contributed by atoms with van der Waals surface area (Å²) in [6, 6.07) is 0.714. The van der Waals surface area contributed by atoms with E-state index in [1.54, 1.807) is 0 Å². The van der Waals surface area contributed by atoms with Gasteiger partial charge in [0.2, 0.25) is 0 Å². The standard InChI is InChI=1S/C18H35NO/c1-4-11-19-17(13-15(3)5-2)16-8-12-20-18(14-16)9-6-7-10-18/h15-17,19H,4-14H2,1-3H3. The second-order valence-electron chi connectivity index (χ2n) is 7.30. The molecule has 2 heteroatoms. The molecule has 0 aromatic carbocycles. The summed E-state index contributed by atoms with van der Waals surface area (Å²) in [7, 11) is 0. The largest absolute Gasteiger partial charge is 0.375 e. The van der Waals surface area contributed by atoms with Crippen LogP contribution in [0.15, 0.2) is 0 Å². The third-order valence-electron chi connectivity index (χ3n) is 5.62. The fourth-order valence-corrected chi connectivity index (χ4v) is 4.15. The van der Waals surface area contributed by atoms with Crippen molar-refractivity contribution in [1.29, 1.82) is 0 Å². The van der Waals surface area contributed by atoms with E-state index >= 15 is 0 Å². The maximum Gasteiger partial charge on any atom is 0.0685 e. The van der Waals surface area contributed by atoms with Crippen LogP contribution < -0.4 is 5.32 Å². The van der Waals surface area contributed by atoms with Crippen LogP contribution in [0.3, 0.4) is 0 Å². The Bertz CT molecular complexity index is 273. The van der Waals surface area contributed by atoms with E-state index in [4.69, 9.17) is 4.74 Å². The molecular formula is C18H35NO. The second-order valence-corrected chi connectivity index (χ2v) is 7.30. The molecule has 2 rings (SSSR count). The van der Waals surface area contributed by atoms with Crippen molar-refractivity contribution in [3.05, 3.63) is 0 Å². The molecule has 3 unspecified atom stereocenters. The Balaban J connectivity index is 1.95. The average Bonchev–Trinajstić information content (AvgIpc) is 2.91. The lowest BCUT2D eigenvalue weighted by atomic mass is 9.78. The highest BCUT2D eigenvalue weighted by Crippen LogP contribution is 2.43. The zero-order chi connectivity index (χ0) is 14.4. The van der Waals surface area contributed by atoms with E-state index in [0.29, 0.717) is 6.04 Å². The summed E-state index contributed by atoms with van der Waals surface area (Å²) in [4.78, 5) is 0. The van der Waals surface area contributed by atoms with Crippen LogP contribution in [0.25, 0.3) is 0 Å². The van der Waals surface area contributed by atoms with Crippen LogP contribution in [0.2, 0.25) is 0 Å². The van der Waals surface area contributed by atoms with Crippen LogP contribution in [0.4, 0.5) is 0 Å². The van der Waals surface area contributed by atoms with E-state index in [0.717, 1.165) is 18.4 Å². The molecule has 3 atom stereocenters. The van der Waals surface area contributed by atoms with Crippen LogP contribution in [-0.4, -0.2) is 24.8 Å². The monoisotopic (exact) mass is 281 g/mol. The molecule has 118 valence electrons. The van der Waals surface area contributed by atoms with Gasteiger partial charge in [0.1, 0.15) is 0 Å². The van der Waals surface area contributed by atoms with Gasteiger partial charge in [-0.15, -0.1) is 0 Å². The van der Waals surface area contributed by atoms with Crippen molar-refractivity contribution in [2.75, 3.05) is 13.2 Å². The highest BCUT2D eigenvalue weighted by atomic mass is 16.5. The van der Waals surface area contributed by atoms with E-state index in [-0.39, 0.29) is 5.60 Å². The Morgan fingerprint density at radius 2 is 2.00 bits per heavy atom. The van der Waals surface area contributed by atoms with E-state index in [2.05, 4.69) is 26.1 Å². The van der Waals surface area contributed by atoms with E-state index in [1.165, 1.54) is 64.3 Å². The minimum absolute atomic E-state index is 0.268. The first-order chi connectivity index (χ1) is 9.69. The fraction of sp³-hybridized carbons (Fsp3) is 1.00. The molecule has 1 N–H and O–H groups in total. The first-order valence-electron chi connectivity index (χ1n) is 9.06. The minimum atomic E-state index is 0.268. The maximum atomic E-state index is 6.21. The van der Waals surface area contributed by atoms with Gasteiger partial charge in [0.25, 0.3) is 0 Å².